The van der Waals surface area contributed by atoms with Crippen molar-refractivity contribution in [1.29, 1.82) is 0 Å². The molecule has 3 N–H and O–H groups in total. The third kappa shape index (κ3) is 2.30. The molecular formula is C11H14ClNO2. The molecule has 0 aliphatic heterocycles. The lowest BCUT2D eigenvalue weighted by Gasteiger charge is -2.13. The third-order valence-electron chi connectivity index (χ3n) is 2.88. The summed E-state index contributed by atoms with van der Waals surface area (Å²) in [6.07, 6.45) is 1.59. The summed E-state index contributed by atoms with van der Waals surface area (Å²) < 4.78 is 0. The molecule has 1 aromatic carbocycles. The minimum Gasteiger partial charge on any atom is -0.480 e. The fourth-order valence-corrected chi connectivity index (χ4v) is 2.05. The number of carbonyl (C=O) groups is 1. The highest BCUT2D eigenvalue weighted by Crippen LogP contribution is 2.27. The van der Waals surface area contributed by atoms with E-state index in [-0.39, 0.29) is 18.3 Å². The van der Waals surface area contributed by atoms with Gasteiger partial charge in [-0.15, -0.1) is 12.4 Å². The van der Waals surface area contributed by atoms with Crippen LogP contribution in [0.25, 0.3) is 0 Å². The number of nitrogens with two attached hydrogens (primary N) is 1. The zero-order valence-electron chi connectivity index (χ0n) is 8.22. The molecule has 0 heterocycles. The predicted molar refractivity (Wildman–Crippen MR) is 60.2 cm³/mol. The van der Waals surface area contributed by atoms with E-state index < -0.39 is 12.0 Å². The summed E-state index contributed by atoms with van der Waals surface area (Å²) in [5, 5.41) is 8.80. The molecule has 4 heteroatoms. The Hall–Kier alpha value is -1.06. The fraction of sp³-hybridized carbons (Fsp3) is 0.364. The normalized spacial score (nSPS) is 16.6. The Morgan fingerprint density at radius 2 is 1.80 bits per heavy atom. The van der Waals surface area contributed by atoms with E-state index in [1.807, 2.05) is 24.3 Å². The molecule has 82 valence electrons. The first-order valence-electron chi connectivity index (χ1n) is 4.73. The second-order valence-corrected chi connectivity index (χ2v) is 3.80. The molecule has 15 heavy (non-hydrogen) atoms. The highest BCUT2D eigenvalue weighted by molar-refractivity contribution is 5.85. The standard InChI is InChI=1S/C11H13NO2.ClH/c12-10(11(13)14)9-5-7-3-1-2-4-8(7)6-9;/h1-4,9-10H,5-6,12H2,(H,13,14);1H/t10-;/m0./s1. The van der Waals surface area contributed by atoms with Gasteiger partial charge in [-0.05, 0) is 29.9 Å². The van der Waals surface area contributed by atoms with E-state index in [2.05, 4.69) is 0 Å². The van der Waals surface area contributed by atoms with Crippen LogP contribution >= 0.6 is 12.4 Å². The smallest absolute Gasteiger partial charge is 0.320 e. The van der Waals surface area contributed by atoms with Crippen LogP contribution in [0, 0.1) is 5.92 Å². The Labute approximate surface area is 94.7 Å². The molecule has 0 aromatic heterocycles. The van der Waals surface area contributed by atoms with Crippen molar-refractivity contribution in [3.05, 3.63) is 35.4 Å². The van der Waals surface area contributed by atoms with E-state index in [0.717, 1.165) is 12.8 Å². The van der Waals surface area contributed by atoms with E-state index in [1.165, 1.54) is 11.1 Å². The first kappa shape index (κ1) is 12.0. The van der Waals surface area contributed by atoms with E-state index in [4.69, 9.17) is 10.8 Å². The van der Waals surface area contributed by atoms with Crippen molar-refractivity contribution in [2.24, 2.45) is 11.7 Å². The number of carboxylic acid groups (broad SMARTS) is 1. The number of hydrogen-bond donors (Lipinski definition) is 2. The number of halogens is 1. The SMILES string of the molecule is Cl.N[C@H](C(=O)O)C1Cc2ccccc2C1. The number of fused-ring (bicyclic) bond motifs is 1. The molecule has 0 amide bonds. The lowest BCUT2D eigenvalue weighted by Crippen LogP contribution is -2.38. The van der Waals surface area contributed by atoms with Gasteiger partial charge in [0.25, 0.3) is 0 Å². The van der Waals surface area contributed by atoms with Gasteiger partial charge in [0.15, 0.2) is 0 Å². The number of hydrogen-bond acceptors (Lipinski definition) is 2. The van der Waals surface area contributed by atoms with E-state index >= 15 is 0 Å². The van der Waals surface area contributed by atoms with Crippen molar-refractivity contribution in [3.8, 4) is 0 Å². The molecule has 1 aromatic rings. The Morgan fingerprint density at radius 3 is 2.20 bits per heavy atom. The average Bonchev–Trinajstić information content (AvgIpc) is 2.59. The highest BCUT2D eigenvalue weighted by atomic mass is 35.5. The van der Waals surface area contributed by atoms with Crippen LogP contribution in [0.2, 0.25) is 0 Å². The highest BCUT2D eigenvalue weighted by Gasteiger charge is 2.29. The summed E-state index contributed by atoms with van der Waals surface area (Å²) in [6, 6.07) is 7.32. The maximum Gasteiger partial charge on any atom is 0.320 e. The lowest BCUT2D eigenvalue weighted by molar-refractivity contribution is -0.139. The second kappa shape index (κ2) is 4.64. The monoisotopic (exact) mass is 227 g/mol. The quantitative estimate of drug-likeness (QED) is 0.799. The zero-order valence-corrected chi connectivity index (χ0v) is 9.04. The minimum atomic E-state index is -0.900. The molecule has 0 unspecified atom stereocenters. The Morgan fingerprint density at radius 1 is 1.33 bits per heavy atom. The van der Waals surface area contributed by atoms with Gasteiger partial charge in [0.05, 0.1) is 0 Å². The molecule has 1 aliphatic carbocycles. The van der Waals surface area contributed by atoms with Gasteiger partial charge in [-0.3, -0.25) is 4.79 Å². The van der Waals surface area contributed by atoms with Gasteiger partial charge in [-0.1, -0.05) is 24.3 Å². The molecule has 2 rings (SSSR count). The van der Waals surface area contributed by atoms with Crippen LogP contribution in [0.1, 0.15) is 11.1 Å². The molecule has 0 saturated heterocycles. The summed E-state index contributed by atoms with van der Waals surface area (Å²) in [7, 11) is 0. The fourth-order valence-electron chi connectivity index (χ4n) is 2.05. The average molecular weight is 228 g/mol. The summed E-state index contributed by atoms with van der Waals surface area (Å²) in [4.78, 5) is 10.7. The Bertz CT molecular complexity index is 342. The molecule has 0 fully saturated rings. The van der Waals surface area contributed by atoms with Gasteiger partial charge in [0, 0.05) is 0 Å². The predicted octanol–water partition coefficient (Wildman–Crippen LogP) is 1.24. The van der Waals surface area contributed by atoms with Gasteiger partial charge in [0.1, 0.15) is 6.04 Å². The lowest BCUT2D eigenvalue weighted by atomic mass is 9.98. The number of aliphatic carboxylic acids is 1. The van der Waals surface area contributed by atoms with Crippen LogP contribution in [-0.4, -0.2) is 17.1 Å². The van der Waals surface area contributed by atoms with E-state index in [9.17, 15) is 4.79 Å². The molecular weight excluding hydrogens is 214 g/mol. The second-order valence-electron chi connectivity index (χ2n) is 3.80. The molecule has 0 saturated carbocycles. The summed E-state index contributed by atoms with van der Waals surface area (Å²) in [5.74, 6) is -0.840. The van der Waals surface area contributed by atoms with Gasteiger partial charge >= 0.3 is 5.97 Å². The van der Waals surface area contributed by atoms with Gasteiger partial charge < -0.3 is 10.8 Å². The Balaban J connectivity index is 0.00000112. The number of benzene rings is 1. The molecule has 0 spiro atoms. The topological polar surface area (TPSA) is 63.3 Å². The number of carboxylic acids is 1. The summed E-state index contributed by atoms with van der Waals surface area (Å²) in [6.45, 7) is 0. The maximum atomic E-state index is 10.7. The molecule has 0 radical (unpaired) electrons. The van der Waals surface area contributed by atoms with Crippen LogP contribution in [0.3, 0.4) is 0 Å². The van der Waals surface area contributed by atoms with Gasteiger partial charge in [-0.2, -0.15) is 0 Å². The zero-order chi connectivity index (χ0) is 10.1. The van der Waals surface area contributed by atoms with Crippen LogP contribution in [0.5, 0.6) is 0 Å². The maximum absolute atomic E-state index is 10.7. The first-order chi connectivity index (χ1) is 6.68. The van der Waals surface area contributed by atoms with Crippen molar-refractivity contribution >= 4 is 18.4 Å². The number of rotatable bonds is 2. The third-order valence-corrected chi connectivity index (χ3v) is 2.88. The van der Waals surface area contributed by atoms with Crippen molar-refractivity contribution < 1.29 is 9.90 Å². The van der Waals surface area contributed by atoms with Gasteiger partial charge in [-0.25, -0.2) is 0 Å². The molecule has 0 bridgehead atoms. The largest absolute Gasteiger partial charge is 0.480 e. The van der Waals surface area contributed by atoms with Crippen molar-refractivity contribution in [2.45, 2.75) is 18.9 Å². The molecule has 1 aliphatic rings. The van der Waals surface area contributed by atoms with Crippen LogP contribution in [0.4, 0.5) is 0 Å². The van der Waals surface area contributed by atoms with Crippen LogP contribution in [-0.2, 0) is 17.6 Å². The minimum absolute atomic E-state index is 0. The Kier molecular flexibility index (Phi) is 3.72. The van der Waals surface area contributed by atoms with E-state index in [1.54, 1.807) is 0 Å². The first-order valence-corrected chi connectivity index (χ1v) is 4.73. The van der Waals surface area contributed by atoms with Crippen molar-refractivity contribution in [1.82, 2.24) is 0 Å². The van der Waals surface area contributed by atoms with Crippen LogP contribution in [0.15, 0.2) is 24.3 Å². The van der Waals surface area contributed by atoms with Crippen molar-refractivity contribution in [3.63, 3.8) is 0 Å². The molecule has 3 nitrogen and oxygen atoms in total. The van der Waals surface area contributed by atoms with Gasteiger partial charge in [0.2, 0.25) is 0 Å². The van der Waals surface area contributed by atoms with E-state index in [0.29, 0.717) is 0 Å². The summed E-state index contributed by atoms with van der Waals surface area (Å²) >= 11 is 0. The summed E-state index contributed by atoms with van der Waals surface area (Å²) in [5.41, 5.74) is 8.09. The van der Waals surface area contributed by atoms with Crippen LogP contribution < -0.4 is 5.73 Å². The molecule has 1 atom stereocenters. The van der Waals surface area contributed by atoms with Crippen molar-refractivity contribution in [2.75, 3.05) is 0 Å².